The van der Waals surface area contributed by atoms with Crippen LogP contribution in [0, 0.1) is 17.0 Å². The van der Waals surface area contributed by atoms with Gasteiger partial charge >= 0.3 is 0 Å². The van der Waals surface area contributed by atoms with Crippen LogP contribution in [0.15, 0.2) is 42.5 Å². The molecule has 1 N–H and O–H groups in total. The van der Waals surface area contributed by atoms with E-state index in [1.165, 1.54) is 24.3 Å². The predicted molar refractivity (Wildman–Crippen MR) is 110 cm³/mol. The first-order valence-electron chi connectivity index (χ1n) is 9.99. The van der Waals surface area contributed by atoms with Gasteiger partial charge in [-0.05, 0) is 54.5 Å². The zero-order valence-electron chi connectivity index (χ0n) is 16.8. The van der Waals surface area contributed by atoms with Crippen LogP contribution < -0.4 is 10.1 Å². The minimum absolute atomic E-state index is 0.000689. The Morgan fingerprint density at radius 3 is 2.42 bits per heavy atom. The summed E-state index contributed by atoms with van der Waals surface area (Å²) in [6.45, 7) is 0.0343. The topological polar surface area (TPSA) is 64.6 Å². The minimum Gasteiger partial charge on any atom is -0.486 e. The van der Waals surface area contributed by atoms with E-state index in [0.717, 1.165) is 30.9 Å². The fourth-order valence-electron chi connectivity index (χ4n) is 4.69. The highest BCUT2D eigenvalue weighted by molar-refractivity contribution is 6.30. The third-order valence-electron chi connectivity index (χ3n) is 5.82. The summed E-state index contributed by atoms with van der Waals surface area (Å²) in [4.78, 5) is 24.4. The molecule has 0 aliphatic heterocycles. The number of ether oxygens (including phenoxy) is 2. The normalized spacial score (nSPS) is 23.5. The molecule has 0 spiro atoms. The van der Waals surface area contributed by atoms with E-state index in [4.69, 9.17) is 21.1 Å². The number of Topliss-reactive ketones (excluding diaryl/α,β-unsaturated/α-hetero) is 1. The van der Waals surface area contributed by atoms with Gasteiger partial charge in [0.2, 0.25) is 5.91 Å². The summed E-state index contributed by atoms with van der Waals surface area (Å²) < 4.78 is 37.0. The summed E-state index contributed by atoms with van der Waals surface area (Å²) in [5, 5.41) is 3.00. The van der Waals surface area contributed by atoms with Crippen LogP contribution in [-0.2, 0) is 20.9 Å². The third kappa shape index (κ3) is 5.05. The number of benzene rings is 2. The van der Waals surface area contributed by atoms with Gasteiger partial charge in [0, 0.05) is 18.0 Å². The minimum atomic E-state index is -0.592. The zero-order valence-corrected chi connectivity index (χ0v) is 17.5. The predicted octanol–water partition coefficient (Wildman–Crippen LogP) is 4.21. The summed E-state index contributed by atoms with van der Waals surface area (Å²) in [7, 11) is 0. The van der Waals surface area contributed by atoms with Crippen LogP contribution >= 0.6 is 11.6 Å². The van der Waals surface area contributed by atoms with Crippen molar-refractivity contribution in [3.63, 3.8) is 0 Å². The molecule has 0 heterocycles. The van der Waals surface area contributed by atoms with E-state index >= 15 is 0 Å². The van der Waals surface area contributed by atoms with Crippen LogP contribution in [0.5, 0.6) is 5.75 Å². The maximum absolute atomic E-state index is 13.4. The summed E-state index contributed by atoms with van der Waals surface area (Å²) >= 11 is 5.62. The molecule has 8 heteroatoms. The lowest BCUT2D eigenvalue weighted by atomic mass is 9.38. The molecule has 2 aromatic rings. The smallest absolute Gasteiger partial charge is 0.246 e. The number of ketones is 1. The van der Waals surface area contributed by atoms with E-state index in [1.54, 1.807) is 12.1 Å². The summed E-state index contributed by atoms with van der Waals surface area (Å²) in [6, 6.07) is 9.97. The first-order chi connectivity index (χ1) is 14.8. The number of hydrogen-bond donors (Lipinski definition) is 1. The molecule has 5 rings (SSSR count). The van der Waals surface area contributed by atoms with Crippen LogP contribution in [0.4, 0.5) is 8.78 Å². The van der Waals surface area contributed by atoms with Crippen molar-refractivity contribution in [2.75, 3.05) is 13.2 Å². The zero-order chi connectivity index (χ0) is 22.1. The lowest BCUT2D eigenvalue weighted by Crippen LogP contribution is -2.75. The van der Waals surface area contributed by atoms with Crippen molar-refractivity contribution in [3.05, 3.63) is 64.7 Å². The Balaban J connectivity index is 1.14. The Kier molecular flexibility index (Phi) is 5.99. The second kappa shape index (κ2) is 8.55. The number of hydrogen-bond acceptors (Lipinski definition) is 4. The largest absolute Gasteiger partial charge is 0.486 e. The maximum atomic E-state index is 13.4. The summed E-state index contributed by atoms with van der Waals surface area (Å²) in [5.74, 6) is -0.905. The second-order valence-corrected chi connectivity index (χ2v) is 8.97. The van der Waals surface area contributed by atoms with E-state index in [9.17, 15) is 18.4 Å². The number of amides is 1. The Labute approximate surface area is 183 Å². The molecule has 3 aliphatic carbocycles. The average Bonchev–Trinajstić information content (AvgIpc) is 2.68. The third-order valence-corrected chi connectivity index (χ3v) is 6.13. The molecule has 0 atom stereocenters. The molecule has 2 aromatic carbocycles. The van der Waals surface area contributed by atoms with E-state index in [0.29, 0.717) is 6.42 Å². The van der Waals surface area contributed by atoms with Gasteiger partial charge in [-0.25, -0.2) is 8.78 Å². The highest BCUT2D eigenvalue weighted by atomic mass is 35.5. The molecule has 3 saturated carbocycles. The highest BCUT2D eigenvalue weighted by Gasteiger charge is 2.68. The fourth-order valence-corrected chi connectivity index (χ4v) is 4.81. The lowest BCUT2D eigenvalue weighted by molar-refractivity contribution is -0.174. The van der Waals surface area contributed by atoms with Crippen LogP contribution in [0.1, 0.15) is 31.2 Å². The van der Waals surface area contributed by atoms with Gasteiger partial charge in [0.1, 0.15) is 30.6 Å². The van der Waals surface area contributed by atoms with Crippen molar-refractivity contribution >= 4 is 23.3 Å². The van der Waals surface area contributed by atoms with Gasteiger partial charge in [0.15, 0.2) is 5.78 Å². The van der Waals surface area contributed by atoms with Gasteiger partial charge in [0.05, 0.1) is 11.6 Å². The van der Waals surface area contributed by atoms with Crippen molar-refractivity contribution in [2.45, 2.75) is 37.8 Å². The van der Waals surface area contributed by atoms with Gasteiger partial charge in [0.25, 0.3) is 0 Å². The van der Waals surface area contributed by atoms with Crippen LogP contribution in [0.3, 0.4) is 0 Å². The number of carbonyl (C=O) groups is 2. The van der Waals surface area contributed by atoms with Crippen LogP contribution in [0.25, 0.3) is 0 Å². The SMILES string of the molecule is O=C(COc1ccc(Cl)c(F)c1)CC12CC(NC(=O)COCc3ccc(F)cc3)(C1)C2. The van der Waals surface area contributed by atoms with E-state index in [1.807, 2.05) is 0 Å². The quantitative estimate of drug-likeness (QED) is 0.590. The molecule has 164 valence electrons. The lowest BCUT2D eigenvalue weighted by Gasteiger charge is -2.70. The Bertz CT molecular complexity index is 976. The molecule has 0 unspecified atom stereocenters. The van der Waals surface area contributed by atoms with Gasteiger partial charge < -0.3 is 14.8 Å². The molecule has 3 fully saturated rings. The van der Waals surface area contributed by atoms with E-state index in [-0.39, 0.29) is 59.1 Å². The van der Waals surface area contributed by atoms with Crippen molar-refractivity contribution < 1.29 is 27.8 Å². The van der Waals surface area contributed by atoms with Crippen molar-refractivity contribution in [2.24, 2.45) is 5.41 Å². The monoisotopic (exact) mass is 449 g/mol. The maximum Gasteiger partial charge on any atom is 0.246 e. The molecule has 5 nitrogen and oxygen atoms in total. The van der Waals surface area contributed by atoms with Crippen LogP contribution in [-0.4, -0.2) is 30.4 Å². The summed E-state index contributed by atoms with van der Waals surface area (Å²) in [5.41, 5.74) is 0.478. The van der Waals surface area contributed by atoms with E-state index in [2.05, 4.69) is 5.32 Å². The second-order valence-electron chi connectivity index (χ2n) is 8.56. The Morgan fingerprint density at radius 2 is 1.74 bits per heavy atom. The molecule has 3 aliphatic rings. The molecule has 2 bridgehead atoms. The Morgan fingerprint density at radius 1 is 1.03 bits per heavy atom. The first kappa shape index (κ1) is 21.7. The molecule has 1 amide bonds. The molecule has 0 radical (unpaired) electrons. The molecule has 0 aromatic heterocycles. The summed E-state index contributed by atoms with van der Waals surface area (Å²) in [6.07, 6.45) is 2.64. The first-order valence-corrected chi connectivity index (χ1v) is 10.4. The fraction of sp³-hybridized carbons (Fsp3) is 0.391. The molecule has 31 heavy (non-hydrogen) atoms. The van der Waals surface area contributed by atoms with Crippen LogP contribution in [0.2, 0.25) is 5.02 Å². The standard InChI is InChI=1S/C23H22ClF2NO4/c24-19-6-5-18(7-20(19)26)31-10-17(28)8-22-12-23(13-22,14-22)27-21(29)11-30-9-15-1-3-16(25)4-2-15/h1-7H,8-14H2,(H,27,29). The van der Waals surface area contributed by atoms with Gasteiger partial charge in [-0.15, -0.1) is 0 Å². The van der Waals surface area contributed by atoms with E-state index < -0.39 is 5.82 Å². The average molecular weight is 450 g/mol. The molecule has 0 saturated heterocycles. The van der Waals surface area contributed by atoms with Gasteiger partial charge in [-0.3, -0.25) is 9.59 Å². The number of carbonyl (C=O) groups excluding carboxylic acids is 2. The highest BCUT2D eigenvalue weighted by Crippen LogP contribution is 2.68. The number of nitrogens with one attached hydrogen (secondary N) is 1. The number of rotatable bonds is 10. The van der Waals surface area contributed by atoms with Crippen molar-refractivity contribution in [1.82, 2.24) is 5.32 Å². The van der Waals surface area contributed by atoms with Crippen molar-refractivity contribution in [3.8, 4) is 5.75 Å². The van der Waals surface area contributed by atoms with Crippen molar-refractivity contribution in [1.29, 1.82) is 0 Å². The Hall–Kier alpha value is -2.51. The van der Waals surface area contributed by atoms with Gasteiger partial charge in [-0.2, -0.15) is 0 Å². The number of halogens is 3. The van der Waals surface area contributed by atoms with Gasteiger partial charge in [-0.1, -0.05) is 23.7 Å². The molecular formula is C23H22ClF2NO4. The molecular weight excluding hydrogens is 428 g/mol.